The number of hydrogen-bond acceptors (Lipinski definition) is 3. The first kappa shape index (κ1) is 15.0. The summed E-state index contributed by atoms with van der Waals surface area (Å²) in [6, 6.07) is -0.411. The lowest BCUT2D eigenvalue weighted by Gasteiger charge is -2.37. The summed E-state index contributed by atoms with van der Waals surface area (Å²) in [6.45, 7) is 8.62. The quantitative estimate of drug-likeness (QED) is 0.764. The van der Waals surface area contributed by atoms with E-state index in [9.17, 15) is 14.7 Å². The molecule has 0 aromatic carbocycles. The third-order valence-electron chi connectivity index (χ3n) is 3.36. The molecule has 1 aliphatic rings. The molecule has 104 valence electrons. The molecule has 0 aliphatic carbocycles. The summed E-state index contributed by atoms with van der Waals surface area (Å²) in [7, 11) is 0. The fourth-order valence-electron chi connectivity index (χ4n) is 2.16. The normalized spacial score (nSPS) is 22.3. The minimum absolute atomic E-state index is 0.0464. The number of rotatable bonds is 4. The number of hydrogen-bond donors (Lipinski definition) is 2. The van der Waals surface area contributed by atoms with E-state index in [0.29, 0.717) is 13.1 Å². The van der Waals surface area contributed by atoms with Crippen molar-refractivity contribution >= 4 is 11.8 Å². The molecule has 2 amide bonds. The Morgan fingerprint density at radius 2 is 2.06 bits per heavy atom. The Labute approximate surface area is 109 Å². The minimum Gasteiger partial charge on any atom is -0.392 e. The average Bonchev–Trinajstić information content (AvgIpc) is 2.27. The summed E-state index contributed by atoms with van der Waals surface area (Å²) in [5, 5.41) is 12.5. The molecular weight excluding hydrogens is 232 g/mol. The molecule has 5 nitrogen and oxygen atoms in total. The largest absolute Gasteiger partial charge is 0.392 e. The molecule has 1 rings (SSSR count). The van der Waals surface area contributed by atoms with E-state index in [1.807, 2.05) is 27.7 Å². The van der Waals surface area contributed by atoms with Gasteiger partial charge in [-0.25, -0.2) is 0 Å². The van der Waals surface area contributed by atoms with Gasteiger partial charge in [0, 0.05) is 13.1 Å². The molecule has 2 N–H and O–H groups in total. The predicted octanol–water partition coefficient (Wildman–Crippen LogP) is 0.376. The predicted molar refractivity (Wildman–Crippen MR) is 68.8 cm³/mol. The van der Waals surface area contributed by atoms with E-state index in [0.717, 1.165) is 0 Å². The number of aliphatic hydroxyl groups is 1. The van der Waals surface area contributed by atoms with Crippen molar-refractivity contribution < 1.29 is 14.7 Å². The highest BCUT2D eigenvalue weighted by atomic mass is 16.3. The lowest BCUT2D eigenvalue weighted by atomic mass is 9.97. The van der Waals surface area contributed by atoms with Crippen LogP contribution in [0.15, 0.2) is 0 Å². The van der Waals surface area contributed by atoms with Gasteiger partial charge in [0.2, 0.25) is 11.8 Å². The number of aliphatic hydroxyl groups excluding tert-OH is 1. The van der Waals surface area contributed by atoms with Gasteiger partial charge in [-0.05, 0) is 11.8 Å². The van der Waals surface area contributed by atoms with Crippen molar-refractivity contribution in [2.24, 2.45) is 11.8 Å². The summed E-state index contributed by atoms with van der Waals surface area (Å²) in [4.78, 5) is 25.6. The van der Waals surface area contributed by atoms with Gasteiger partial charge in [0.15, 0.2) is 0 Å². The van der Waals surface area contributed by atoms with E-state index in [2.05, 4.69) is 5.32 Å². The molecule has 18 heavy (non-hydrogen) atoms. The number of nitrogens with one attached hydrogen (secondary N) is 1. The van der Waals surface area contributed by atoms with Crippen LogP contribution in [0.5, 0.6) is 0 Å². The van der Waals surface area contributed by atoms with Crippen LogP contribution in [0.4, 0.5) is 0 Å². The van der Waals surface area contributed by atoms with Crippen LogP contribution in [0.1, 0.15) is 34.1 Å². The Morgan fingerprint density at radius 1 is 1.44 bits per heavy atom. The van der Waals surface area contributed by atoms with Gasteiger partial charge in [0.25, 0.3) is 0 Å². The first-order valence-corrected chi connectivity index (χ1v) is 6.59. The van der Waals surface area contributed by atoms with Gasteiger partial charge < -0.3 is 15.3 Å². The van der Waals surface area contributed by atoms with E-state index in [1.165, 1.54) is 0 Å². The molecule has 0 aromatic heterocycles. The van der Waals surface area contributed by atoms with Crippen molar-refractivity contribution in [2.75, 3.05) is 13.1 Å². The number of carbonyl (C=O) groups is 2. The van der Waals surface area contributed by atoms with Crippen LogP contribution in [0.2, 0.25) is 0 Å². The third kappa shape index (κ3) is 3.45. The molecule has 0 aromatic rings. The summed E-state index contributed by atoms with van der Waals surface area (Å²) in [6.07, 6.45) is -0.552. The van der Waals surface area contributed by atoms with Crippen molar-refractivity contribution in [1.82, 2.24) is 10.2 Å². The molecule has 0 saturated carbocycles. The molecule has 0 bridgehead atoms. The Morgan fingerprint density at radius 3 is 2.56 bits per heavy atom. The summed E-state index contributed by atoms with van der Waals surface area (Å²) >= 11 is 0. The van der Waals surface area contributed by atoms with E-state index >= 15 is 0 Å². The summed E-state index contributed by atoms with van der Waals surface area (Å²) in [5.41, 5.74) is 0. The zero-order valence-corrected chi connectivity index (χ0v) is 11.6. The summed E-state index contributed by atoms with van der Waals surface area (Å²) < 4.78 is 0. The lowest BCUT2D eigenvalue weighted by Crippen LogP contribution is -2.59. The highest BCUT2D eigenvalue weighted by Crippen LogP contribution is 2.17. The fraction of sp³-hybridized carbons (Fsp3) is 0.846. The smallest absolute Gasteiger partial charge is 0.243 e. The molecule has 0 spiro atoms. The number of carbonyl (C=O) groups excluding carboxylic acids is 2. The van der Waals surface area contributed by atoms with Crippen LogP contribution in [-0.2, 0) is 9.59 Å². The van der Waals surface area contributed by atoms with Crippen molar-refractivity contribution in [1.29, 1.82) is 0 Å². The number of amides is 2. The third-order valence-corrected chi connectivity index (χ3v) is 3.36. The Balaban J connectivity index is 2.72. The molecule has 1 heterocycles. The highest BCUT2D eigenvalue weighted by molar-refractivity contribution is 5.89. The molecular formula is C13H24N2O3. The molecule has 1 aliphatic heterocycles. The Bertz CT molecular complexity index is 315. The fourth-order valence-corrected chi connectivity index (χ4v) is 2.16. The minimum atomic E-state index is -0.643. The Hall–Kier alpha value is -1.10. The van der Waals surface area contributed by atoms with Gasteiger partial charge in [-0.1, -0.05) is 27.7 Å². The monoisotopic (exact) mass is 256 g/mol. The molecule has 0 radical (unpaired) electrons. The zero-order valence-electron chi connectivity index (χ0n) is 11.6. The number of piperazine rings is 1. The second-order valence-electron chi connectivity index (χ2n) is 5.58. The van der Waals surface area contributed by atoms with Crippen molar-refractivity contribution in [3.8, 4) is 0 Å². The maximum absolute atomic E-state index is 12.2. The van der Waals surface area contributed by atoms with Crippen LogP contribution in [0, 0.1) is 11.8 Å². The first-order chi connectivity index (χ1) is 8.34. The second kappa shape index (κ2) is 6.18. The van der Waals surface area contributed by atoms with Gasteiger partial charge in [0.05, 0.1) is 12.5 Å². The maximum atomic E-state index is 12.2. The lowest BCUT2D eigenvalue weighted by molar-refractivity contribution is -0.146. The van der Waals surface area contributed by atoms with Crippen molar-refractivity contribution in [3.05, 3.63) is 0 Å². The maximum Gasteiger partial charge on any atom is 0.243 e. The average molecular weight is 256 g/mol. The standard InChI is InChI=1S/C13H24N2O3/c1-8(2)10(16)7-11(17)15-6-5-14-13(18)12(15)9(3)4/h8-10,12,16H,5-7H2,1-4H3,(H,14,18). The van der Waals surface area contributed by atoms with E-state index in [-0.39, 0.29) is 30.1 Å². The Kier molecular flexibility index (Phi) is 5.14. The molecule has 2 unspecified atom stereocenters. The van der Waals surface area contributed by atoms with Crippen LogP contribution in [0.25, 0.3) is 0 Å². The van der Waals surface area contributed by atoms with Crippen LogP contribution in [-0.4, -0.2) is 47.1 Å². The molecule has 5 heteroatoms. The topological polar surface area (TPSA) is 69.6 Å². The van der Waals surface area contributed by atoms with Gasteiger partial charge in [-0.15, -0.1) is 0 Å². The van der Waals surface area contributed by atoms with Gasteiger partial charge in [-0.2, -0.15) is 0 Å². The van der Waals surface area contributed by atoms with Gasteiger partial charge >= 0.3 is 0 Å². The van der Waals surface area contributed by atoms with Gasteiger partial charge in [-0.3, -0.25) is 9.59 Å². The van der Waals surface area contributed by atoms with E-state index in [1.54, 1.807) is 4.90 Å². The SMILES string of the molecule is CC(C)C(O)CC(=O)N1CCNC(=O)C1C(C)C. The van der Waals surface area contributed by atoms with Crippen molar-refractivity contribution in [2.45, 2.75) is 46.3 Å². The molecule has 1 saturated heterocycles. The van der Waals surface area contributed by atoms with Gasteiger partial charge in [0.1, 0.15) is 6.04 Å². The highest BCUT2D eigenvalue weighted by Gasteiger charge is 2.35. The molecule has 2 atom stereocenters. The summed E-state index contributed by atoms with van der Waals surface area (Å²) in [5.74, 6) is -0.108. The van der Waals surface area contributed by atoms with Crippen molar-refractivity contribution in [3.63, 3.8) is 0 Å². The first-order valence-electron chi connectivity index (χ1n) is 6.59. The van der Waals surface area contributed by atoms with E-state index in [4.69, 9.17) is 0 Å². The van der Waals surface area contributed by atoms with Crippen LogP contribution in [0.3, 0.4) is 0 Å². The molecule has 1 fully saturated rings. The number of nitrogens with zero attached hydrogens (tertiary/aromatic N) is 1. The van der Waals surface area contributed by atoms with Crippen LogP contribution >= 0.6 is 0 Å². The zero-order chi connectivity index (χ0) is 13.9. The van der Waals surface area contributed by atoms with E-state index < -0.39 is 12.1 Å². The van der Waals surface area contributed by atoms with Crippen LogP contribution < -0.4 is 5.32 Å². The second-order valence-corrected chi connectivity index (χ2v) is 5.58.